The number of nitrogens with zero attached hydrogens (tertiary/aromatic N) is 1. The number of amides is 3. The number of carbonyl (C=O) groups is 4. The van der Waals surface area contributed by atoms with E-state index in [0.29, 0.717) is 32.2 Å². The summed E-state index contributed by atoms with van der Waals surface area (Å²) in [5.41, 5.74) is 21.7. The van der Waals surface area contributed by atoms with Crippen LogP contribution in [0.3, 0.4) is 0 Å². The van der Waals surface area contributed by atoms with Crippen molar-refractivity contribution in [1.29, 1.82) is 0 Å². The molecule has 0 aliphatic carbocycles. The quantitative estimate of drug-likeness (QED) is 0.0681. The lowest BCUT2D eigenvalue weighted by Crippen LogP contribution is -2.54. The fraction of sp³-hybridized carbons (Fsp3) is 0.737. The molecule has 0 aromatic heterocycles. The van der Waals surface area contributed by atoms with E-state index in [4.69, 9.17) is 22.9 Å². The summed E-state index contributed by atoms with van der Waals surface area (Å²) in [7, 11) is 0. The molecular formula is C19H38N8O5. The Morgan fingerprint density at radius 2 is 1.56 bits per heavy atom. The first-order valence-electron chi connectivity index (χ1n) is 10.6. The minimum absolute atomic E-state index is 0.105. The van der Waals surface area contributed by atoms with Gasteiger partial charge < -0.3 is 44.0 Å². The molecule has 0 aliphatic heterocycles. The fourth-order valence-corrected chi connectivity index (χ4v) is 2.63. The molecule has 13 nitrogen and oxygen atoms in total. The minimum atomic E-state index is -1.22. The standard InChI is InChI=1S/C19H38N8O5/c1-11(2)15(21)17(30)27-12(6-3-4-8-20)16(29)25-10-14(28)26-13(18(31)32)7-5-9-24-19(22)23/h11-13,15H,3-10,20-21H2,1-2H3,(H,25,29)(H,26,28)(H,27,30)(H,31,32)(H4,22,23,24)/t12-,13-,15-/m0/s1. The van der Waals surface area contributed by atoms with Gasteiger partial charge in [0.1, 0.15) is 12.1 Å². The van der Waals surface area contributed by atoms with E-state index in [1.807, 2.05) is 0 Å². The summed E-state index contributed by atoms with van der Waals surface area (Å²) in [6, 6.07) is -2.82. The summed E-state index contributed by atoms with van der Waals surface area (Å²) in [5, 5.41) is 16.6. The number of nitrogens with two attached hydrogens (primary N) is 4. The third-order valence-corrected chi connectivity index (χ3v) is 4.60. The monoisotopic (exact) mass is 458 g/mol. The van der Waals surface area contributed by atoms with Gasteiger partial charge in [0.15, 0.2) is 5.96 Å². The van der Waals surface area contributed by atoms with E-state index in [-0.39, 0.29) is 24.8 Å². The molecule has 0 aromatic rings. The molecule has 0 fully saturated rings. The number of aliphatic imine (C=N–C) groups is 1. The van der Waals surface area contributed by atoms with Crippen LogP contribution in [0, 0.1) is 5.92 Å². The van der Waals surface area contributed by atoms with Gasteiger partial charge in [0.25, 0.3) is 0 Å². The summed E-state index contributed by atoms with van der Waals surface area (Å²) in [6.07, 6.45) is 2.03. The number of aliphatic carboxylic acids is 1. The summed E-state index contributed by atoms with van der Waals surface area (Å²) in [5.74, 6) is -3.16. The van der Waals surface area contributed by atoms with Gasteiger partial charge in [0, 0.05) is 6.54 Å². The number of unbranched alkanes of at least 4 members (excludes halogenated alkanes) is 1. The minimum Gasteiger partial charge on any atom is -0.480 e. The first-order valence-corrected chi connectivity index (χ1v) is 10.6. The zero-order valence-corrected chi connectivity index (χ0v) is 18.8. The normalized spacial score (nSPS) is 13.5. The van der Waals surface area contributed by atoms with Crippen LogP contribution in [0.5, 0.6) is 0 Å². The lowest BCUT2D eigenvalue weighted by Gasteiger charge is -2.22. The van der Waals surface area contributed by atoms with E-state index in [0.717, 1.165) is 0 Å². The maximum absolute atomic E-state index is 12.5. The van der Waals surface area contributed by atoms with Crippen LogP contribution in [-0.2, 0) is 19.2 Å². The number of hydrogen-bond donors (Lipinski definition) is 8. The summed E-state index contributed by atoms with van der Waals surface area (Å²) in [4.78, 5) is 52.0. The van der Waals surface area contributed by atoms with Crippen LogP contribution in [0.2, 0.25) is 0 Å². The van der Waals surface area contributed by atoms with Crippen molar-refractivity contribution < 1.29 is 24.3 Å². The lowest BCUT2D eigenvalue weighted by molar-refractivity contribution is -0.142. The van der Waals surface area contributed by atoms with Gasteiger partial charge in [0.2, 0.25) is 17.7 Å². The third-order valence-electron chi connectivity index (χ3n) is 4.60. The van der Waals surface area contributed by atoms with Gasteiger partial charge in [-0.15, -0.1) is 0 Å². The van der Waals surface area contributed by atoms with Crippen molar-refractivity contribution in [3.63, 3.8) is 0 Å². The molecule has 0 bridgehead atoms. The number of rotatable bonds is 16. The van der Waals surface area contributed by atoms with Crippen molar-refractivity contribution in [2.24, 2.45) is 33.8 Å². The smallest absolute Gasteiger partial charge is 0.326 e. The van der Waals surface area contributed by atoms with E-state index >= 15 is 0 Å². The Morgan fingerprint density at radius 3 is 2.09 bits per heavy atom. The molecule has 0 spiro atoms. The predicted molar refractivity (Wildman–Crippen MR) is 120 cm³/mol. The summed E-state index contributed by atoms with van der Waals surface area (Å²) in [6.45, 7) is 3.79. The molecule has 184 valence electrons. The largest absolute Gasteiger partial charge is 0.480 e. The first-order chi connectivity index (χ1) is 15.0. The molecule has 0 aromatic carbocycles. The van der Waals surface area contributed by atoms with Crippen molar-refractivity contribution in [2.45, 2.75) is 64.1 Å². The zero-order chi connectivity index (χ0) is 24.7. The third kappa shape index (κ3) is 12.7. The van der Waals surface area contributed by atoms with Crippen molar-refractivity contribution in [1.82, 2.24) is 16.0 Å². The van der Waals surface area contributed by atoms with Crippen molar-refractivity contribution >= 4 is 29.7 Å². The molecular weight excluding hydrogens is 420 g/mol. The molecule has 0 rings (SSSR count). The van der Waals surface area contributed by atoms with Gasteiger partial charge in [-0.2, -0.15) is 0 Å². The number of nitrogens with one attached hydrogen (secondary N) is 3. The van der Waals surface area contributed by atoms with Gasteiger partial charge in [-0.1, -0.05) is 13.8 Å². The molecule has 0 radical (unpaired) electrons. The molecule has 0 unspecified atom stereocenters. The molecule has 13 heteroatoms. The van der Waals surface area contributed by atoms with Crippen LogP contribution in [0.1, 0.15) is 46.0 Å². The van der Waals surface area contributed by atoms with Crippen molar-refractivity contribution in [3.8, 4) is 0 Å². The fourth-order valence-electron chi connectivity index (χ4n) is 2.63. The number of hydrogen-bond acceptors (Lipinski definition) is 7. The number of carboxylic acids is 1. The average Bonchev–Trinajstić information content (AvgIpc) is 2.72. The van der Waals surface area contributed by atoms with Gasteiger partial charge in [-0.25, -0.2) is 4.79 Å². The Hall–Kier alpha value is -2.93. The first kappa shape index (κ1) is 29.1. The maximum atomic E-state index is 12.5. The lowest BCUT2D eigenvalue weighted by atomic mass is 10.0. The highest BCUT2D eigenvalue weighted by atomic mass is 16.4. The Balaban J connectivity index is 4.80. The molecule has 3 amide bonds. The highest BCUT2D eigenvalue weighted by Crippen LogP contribution is 2.04. The van der Waals surface area contributed by atoms with Crippen LogP contribution >= 0.6 is 0 Å². The van der Waals surface area contributed by atoms with Crippen molar-refractivity contribution in [3.05, 3.63) is 0 Å². The van der Waals surface area contributed by atoms with E-state index < -0.39 is 48.4 Å². The topological polar surface area (TPSA) is 241 Å². The molecule has 0 saturated carbocycles. The molecule has 0 saturated heterocycles. The van der Waals surface area contributed by atoms with E-state index in [9.17, 15) is 24.3 Å². The molecule has 0 aliphatic rings. The molecule has 3 atom stereocenters. The summed E-state index contributed by atoms with van der Waals surface area (Å²) < 4.78 is 0. The van der Waals surface area contributed by atoms with Crippen LogP contribution in [0.4, 0.5) is 0 Å². The average molecular weight is 459 g/mol. The van der Waals surface area contributed by atoms with Gasteiger partial charge in [-0.05, 0) is 44.6 Å². The van der Waals surface area contributed by atoms with E-state index in [1.54, 1.807) is 13.8 Å². The van der Waals surface area contributed by atoms with E-state index in [1.165, 1.54) is 0 Å². The van der Waals surface area contributed by atoms with Gasteiger partial charge in [-0.3, -0.25) is 19.4 Å². The number of carboxylic acid groups (broad SMARTS) is 1. The Kier molecular flexibility index (Phi) is 14.4. The molecule has 12 N–H and O–H groups in total. The predicted octanol–water partition coefficient (Wildman–Crippen LogP) is -2.68. The SMILES string of the molecule is CC(C)[C@H](N)C(=O)N[C@@H](CCCCN)C(=O)NCC(=O)N[C@@H](CCCN=C(N)N)C(=O)O. The Bertz CT molecular complexity index is 652. The Morgan fingerprint density at radius 1 is 0.938 bits per heavy atom. The molecule has 32 heavy (non-hydrogen) atoms. The number of guanidine groups is 1. The van der Waals surface area contributed by atoms with Crippen LogP contribution in [0.25, 0.3) is 0 Å². The Labute approximate surface area is 188 Å². The van der Waals surface area contributed by atoms with Crippen LogP contribution in [0.15, 0.2) is 4.99 Å². The highest BCUT2D eigenvalue weighted by Gasteiger charge is 2.26. The van der Waals surface area contributed by atoms with Crippen molar-refractivity contribution in [2.75, 3.05) is 19.6 Å². The molecule has 0 heterocycles. The summed E-state index contributed by atoms with van der Waals surface area (Å²) >= 11 is 0. The van der Waals surface area contributed by atoms with Crippen LogP contribution in [-0.4, -0.2) is 72.5 Å². The van der Waals surface area contributed by atoms with Gasteiger partial charge >= 0.3 is 5.97 Å². The zero-order valence-electron chi connectivity index (χ0n) is 18.8. The van der Waals surface area contributed by atoms with E-state index in [2.05, 4.69) is 20.9 Å². The second-order valence-electron chi connectivity index (χ2n) is 7.74. The second-order valence-corrected chi connectivity index (χ2v) is 7.74. The number of carbonyl (C=O) groups excluding carboxylic acids is 3. The second kappa shape index (κ2) is 15.8. The maximum Gasteiger partial charge on any atom is 0.326 e. The highest BCUT2D eigenvalue weighted by molar-refractivity contribution is 5.92. The van der Waals surface area contributed by atoms with Gasteiger partial charge in [0.05, 0.1) is 12.6 Å². The van der Waals surface area contributed by atoms with Crippen LogP contribution < -0.4 is 38.9 Å².